The van der Waals surface area contributed by atoms with Crippen molar-refractivity contribution in [1.82, 2.24) is 9.88 Å². The van der Waals surface area contributed by atoms with Crippen LogP contribution in [0.25, 0.3) is 10.9 Å². The quantitative estimate of drug-likeness (QED) is 0.832. The Morgan fingerprint density at radius 3 is 2.68 bits per heavy atom. The summed E-state index contributed by atoms with van der Waals surface area (Å²) in [5.41, 5.74) is 1.08. The van der Waals surface area contributed by atoms with E-state index in [1.165, 1.54) is 0 Å². The minimum Gasteiger partial charge on any atom is -0.480 e. The van der Waals surface area contributed by atoms with Gasteiger partial charge in [-0.1, -0.05) is 42.0 Å². The van der Waals surface area contributed by atoms with Gasteiger partial charge < -0.3 is 15.0 Å². The first kappa shape index (κ1) is 16.1. The van der Waals surface area contributed by atoms with E-state index in [0.717, 1.165) is 10.9 Å². The van der Waals surface area contributed by atoms with Gasteiger partial charge in [0.2, 0.25) is 0 Å². The number of hydrogen-bond donors (Lipinski definition) is 2. The number of fused-ring (bicyclic) bond motifs is 1. The molecule has 22 heavy (non-hydrogen) atoms. The highest BCUT2D eigenvalue weighted by Gasteiger charge is 2.24. The molecular formula is C16H17ClN2O3. The Balaban J connectivity index is 2.35. The van der Waals surface area contributed by atoms with Crippen LogP contribution >= 0.6 is 11.6 Å². The van der Waals surface area contributed by atoms with Gasteiger partial charge in [0, 0.05) is 18.0 Å². The molecule has 1 aromatic carbocycles. The highest BCUT2D eigenvalue weighted by atomic mass is 35.5. The Labute approximate surface area is 133 Å². The van der Waals surface area contributed by atoms with Crippen molar-refractivity contribution >= 4 is 34.4 Å². The summed E-state index contributed by atoms with van der Waals surface area (Å²) in [7, 11) is 1.73. The predicted octanol–water partition coefficient (Wildman–Crippen LogP) is 2.98. The average Bonchev–Trinajstić information content (AvgIpc) is 2.75. The first-order chi connectivity index (χ1) is 10.5. The van der Waals surface area contributed by atoms with E-state index in [0.29, 0.717) is 5.02 Å². The fraction of sp³-hybridized carbons (Fsp3) is 0.250. The van der Waals surface area contributed by atoms with E-state index in [1.54, 1.807) is 30.7 Å². The molecule has 0 spiro atoms. The summed E-state index contributed by atoms with van der Waals surface area (Å²) >= 11 is 6.28. The number of allylic oxidation sites excluding steroid dienone is 1. The number of benzene rings is 1. The summed E-state index contributed by atoms with van der Waals surface area (Å²) in [5, 5.41) is 12.8. The Bertz CT molecular complexity index is 710. The number of rotatable bonds is 5. The summed E-state index contributed by atoms with van der Waals surface area (Å²) < 4.78 is 1.67. The molecule has 2 aromatic rings. The van der Waals surface area contributed by atoms with Gasteiger partial charge in [0.05, 0.1) is 5.02 Å². The van der Waals surface area contributed by atoms with Crippen LogP contribution in [0.4, 0.5) is 0 Å². The van der Waals surface area contributed by atoms with Crippen LogP contribution in [0, 0.1) is 0 Å². The highest BCUT2D eigenvalue weighted by molar-refractivity contribution is 6.38. The third-order valence-electron chi connectivity index (χ3n) is 3.47. The minimum atomic E-state index is -1.08. The van der Waals surface area contributed by atoms with E-state index in [1.807, 2.05) is 24.3 Å². The second-order valence-corrected chi connectivity index (χ2v) is 5.29. The van der Waals surface area contributed by atoms with E-state index in [9.17, 15) is 14.7 Å². The third-order valence-corrected chi connectivity index (χ3v) is 3.85. The molecule has 1 aromatic heterocycles. The summed E-state index contributed by atoms with van der Waals surface area (Å²) in [6.07, 6.45) is 3.66. The van der Waals surface area contributed by atoms with Crippen molar-refractivity contribution in [3.8, 4) is 0 Å². The van der Waals surface area contributed by atoms with Crippen LogP contribution in [-0.2, 0) is 11.8 Å². The van der Waals surface area contributed by atoms with Crippen molar-refractivity contribution in [3.05, 3.63) is 47.1 Å². The number of halogens is 1. The first-order valence-corrected chi connectivity index (χ1v) is 7.23. The molecule has 1 amide bonds. The SMILES string of the molecule is C/C=C/CC(NC(=O)c1c(Cl)c2ccccc2n1C)C(=O)O. The van der Waals surface area contributed by atoms with Crippen LogP contribution in [0.5, 0.6) is 0 Å². The molecule has 1 heterocycles. The molecule has 0 aliphatic rings. The Kier molecular flexibility index (Phi) is 4.88. The maximum absolute atomic E-state index is 12.4. The van der Waals surface area contributed by atoms with Gasteiger partial charge in [0.15, 0.2) is 0 Å². The van der Waals surface area contributed by atoms with Crippen molar-refractivity contribution in [2.75, 3.05) is 0 Å². The number of nitrogens with zero attached hydrogens (tertiary/aromatic N) is 1. The van der Waals surface area contributed by atoms with E-state index in [2.05, 4.69) is 5.32 Å². The van der Waals surface area contributed by atoms with Gasteiger partial charge in [-0.2, -0.15) is 0 Å². The summed E-state index contributed by atoms with van der Waals surface area (Å²) in [5.74, 6) is -1.58. The fourth-order valence-electron chi connectivity index (χ4n) is 2.32. The number of aryl methyl sites for hydroxylation is 1. The van der Waals surface area contributed by atoms with E-state index >= 15 is 0 Å². The lowest BCUT2D eigenvalue weighted by Crippen LogP contribution is -2.41. The number of carbonyl (C=O) groups excluding carboxylic acids is 1. The average molecular weight is 321 g/mol. The maximum Gasteiger partial charge on any atom is 0.326 e. The van der Waals surface area contributed by atoms with E-state index < -0.39 is 17.9 Å². The van der Waals surface area contributed by atoms with Crippen molar-refractivity contribution in [2.45, 2.75) is 19.4 Å². The molecule has 116 valence electrons. The van der Waals surface area contributed by atoms with Crippen LogP contribution in [0.1, 0.15) is 23.8 Å². The highest BCUT2D eigenvalue weighted by Crippen LogP contribution is 2.29. The molecule has 2 rings (SSSR count). The molecule has 0 fully saturated rings. The number of carbonyl (C=O) groups is 2. The lowest BCUT2D eigenvalue weighted by Gasteiger charge is -2.13. The molecule has 1 atom stereocenters. The largest absolute Gasteiger partial charge is 0.480 e. The van der Waals surface area contributed by atoms with Gasteiger partial charge in [-0.3, -0.25) is 4.79 Å². The topological polar surface area (TPSA) is 71.3 Å². The standard InChI is InChI=1S/C16H17ClN2O3/c1-3-4-8-11(16(21)22)18-15(20)14-13(17)10-7-5-6-9-12(10)19(14)2/h3-7,9,11H,8H2,1-2H3,(H,18,20)(H,21,22)/b4-3+. The Morgan fingerprint density at radius 2 is 2.09 bits per heavy atom. The third kappa shape index (κ3) is 2.99. The van der Waals surface area contributed by atoms with E-state index in [4.69, 9.17) is 11.6 Å². The molecule has 0 saturated heterocycles. The second-order valence-electron chi connectivity index (χ2n) is 4.91. The maximum atomic E-state index is 12.4. The van der Waals surface area contributed by atoms with E-state index in [-0.39, 0.29) is 12.1 Å². The molecule has 0 saturated carbocycles. The number of carboxylic acids is 1. The van der Waals surface area contributed by atoms with Gasteiger partial charge in [-0.05, 0) is 19.4 Å². The lowest BCUT2D eigenvalue weighted by molar-refractivity contribution is -0.139. The zero-order chi connectivity index (χ0) is 16.3. The van der Waals surface area contributed by atoms with Crippen molar-refractivity contribution in [3.63, 3.8) is 0 Å². The van der Waals surface area contributed by atoms with Crippen LogP contribution in [-0.4, -0.2) is 27.6 Å². The molecule has 0 aliphatic carbocycles. The molecule has 0 aliphatic heterocycles. The number of aromatic nitrogens is 1. The molecule has 5 nitrogen and oxygen atoms in total. The number of amides is 1. The summed E-state index contributed by atoms with van der Waals surface area (Å²) in [6.45, 7) is 1.79. The van der Waals surface area contributed by atoms with Gasteiger partial charge in [-0.15, -0.1) is 0 Å². The smallest absolute Gasteiger partial charge is 0.326 e. The van der Waals surface area contributed by atoms with Gasteiger partial charge >= 0.3 is 5.97 Å². The Hall–Kier alpha value is -2.27. The fourth-order valence-corrected chi connectivity index (χ4v) is 2.69. The summed E-state index contributed by atoms with van der Waals surface area (Å²) in [4.78, 5) is 23.7. The monoisotopic (exact) mass is 320 g/mol. The molecule has 1 unspecified atom stereocenters. The number of para-hydroxylation sites is 1. The van der Waals surface area contributed by atoms with Gasteiger partial charge in [0.25, 0.3) is 5.91 Å². The Morgan fingerprint density at radius 1 is 1.41 bits per heavy atom. The second kappa shape index (κ2) is 6.66. The molecule has 0 bridgehead atoms. The van der Waals surface area contributed by atoms with Crippen LogP contribution in [0.2, 0.25) is 5.02 Å². The molecule has 2 N–H and O–H groups in total. The van der Waals surface area contributed by atoms with Crippen LogP contribution in [0.3, 0.4) is 0 Å². The normalized spacial score (nSPS) is 12.7. The zero-order valence-electron chi connectivity index (χ0n) is 12.3. The number of aliphatic carboxylic acids is 1. The minimum absolute atomic E-state index is 0.221. The van der Waals surface area contributed by atoms with Crippen LogP contribution in [0.15, 0.2) is 36.4 Å². The molecule has 0 radical (unpaired) electrons. The zero-order valence-corrected chi connectivity index (χ0v) is 13.1. The number of carboxylic acid groups (broad SMARTS) is 1. The van der Waals surface area contributed by atoms with Crippen LogP contribution < -0.4 is 5.32 Å². The van der Waals surface area contributed by atoms with Crippen molar-refractivity contribution in [2.24, 2.45) is 7.05 Å². The predicted molar refractivity (Wildman–Crippen MR) is 86.3 cm³/mol. The van der Waals surface area contributed by atoms with Gasteiger partial charge in [-0.25, -0.2) is 4.79 Å². The molecule has 6 heteroatoms. The van der Waals surface area contributed by atoms with Crippen molar-refractivity contribution < 1.29 is 14.7 Å². The first-order valence-electron chi connectivity index (χ1n) is 6.85. The van der Waals surface area contributed by atoms with Crippen molar-refractivity contribution in [1.29, 1.82) is 0 Å². The lowest BCUT2D eigenvalue weighted by atomic mass is 10.2. The summed E-state index contributed by atoms with van der Waals surface area (Å²) in [6, 6.07) is 6.38. The number of nitrogens with one attached hydrogen (secondary N) is 1. The number of hydrogen-bond acceptors (Lipinski definition) is 2. The molecular weight excluding hydrogens is 304 g/mol. The van der Waals surface area contributed by atoms with Gasteiger partial charge in [0.1, 0.15) is 11.7 Å².